The normalized spacial score (nSPS) is 11.3. The third-order valence-corrected chi connectivity index (χ3v) is 5.67. The molecule has 176 valence electrons. The third kappa shape index (κ3) is 5.18. The molecule has 4 rings (SSSR count). The van der Waals surface area contributed by atoms with E-state index in [-0.39, 0.29) is 29.2 Å². The molecule has 0 unspecified atom stereocenters. The topological polar surface area (TPSA) is 103 Å². The highest BCUT2D eigenvalue weighted by Gasteiger charge is 2.20. The van der Waals surface area contributed by atoms with Crippen molar-refractivity contribution in [3.8, 4) is 28.9 Å². The Labute approximate surface area is 197 Å². The van der Waals surface area contributed by atoms with Gasteiger partial charge in [0.1, 0.15) is 17.3 Å². The van der Waals surface area contributed by atoms with Gasteiger partial charge in [0.15, 0.2) is 5.82 Å². The first-order valence-electron chi connectivity index (χ1n) is 11.0. The summed E-state index contributed by atoms with van der Waals surface area (Å²) in [4.78, 5) is 0. The molecule has 4 aromatic rings. The van der Waals surface area contributed by atoms with E-state index in [9.17, 15) is 19.7 Å². The van der Waals surface area contributed by atoms with Crippen LogP contribution in [0, 0.1) is 5.82 Å². The molecule has 0 saturated heterocycles. The fourth-order valence-corrected chi connectivity index (χ4v) is 3.77. The highest BCUT2D eigenvalue weighted by atomic mass is 19.1. The van der Waals surface area contributed by atoms with Crippen LogP contribution >= 0.6 is 0 Å². The fourth-order valence-electron chi connectivity index (χ4n) is 3.77. The van der Waals surface area contributed by atoms with Gasteiger partial charge >= 0.3 is 6.01 Å². The Bertz CT molecular complexity index is 1270. The summed E-state index contributed by atoms with van der Waals surface area (Å²) < 4.78 is 14.5. The van der Waals surface area contributed by atoms with Gasteiger partial charge in [0.2, 0.25) is 0 Å². The maximum absolute atomic E-state index is 13.0. The number of phenolic OH excluding ortho intramolecular Hbond substituents is 2. The first kappa shape index (κ1) is 23.3. The van der Waals surface area contributed by atoms with Gasteiger partial charge in [0.25, 0.3) is 0 Å². The molecule has 0 fully saturated rings. The molecular formula is C26H27FN4O3. The van der Waals surface area contributed by atoms with Crippen molar-refractivity contribution in [2.45, 2.75) is 39.4 Å². The molecule has 0 radical (unpaired) electrons. The van der Waals surface area contributed by atoms with E-state index < -0.39 is 0 Å². The van der Waals surface area contributed by atoms with Crippen LogP contribution < -0.4 is 5.32 Å². The van der Waals surface area contributed by atoms with Crippen molar-refractivity contribution >= 4 is 0 Å². The minimum Gasteiger partial charge on any atom is -0.508 e. The van der Waals surface area contributed by atoms with E-state index >= 15 is 0 Å². The Hall–Kier alpha value is -3.91. The number of nitrogens with one attached hydrogen (secondary N) is 1. The number of hydrogen-bond acceptors (Lipinski definition) is 6. The predicted octanol–water partition coefficient (Wildman–Crippen LogP) is 4.66. The zero-order valence-corrected chi connectivity index (χ0v) is 19.0. The number of halogens is 1. The van der Waals surface area contributed by atoms with Crippen LogP contribution in [0.3, 0.4) is 0 Å². The number of aromatic hydroxyl groups is 3. The molecule has 0 spiro atoms. The molecule has 3 aromatic carbocycles. The van der Waals surface area contributed by atoms with Crippen LogP contribution in [0.15, 0.2) is 60.7 Å². The largest absolute Gasteiger partial charge is 0.508 e. The van der Waals surface area contributed by atoms with Crippen molar-refractivity contribution in [3.05, 3.63) is 88.7 Å². The lowest BCUT2D eigenvalue weighted by atomic mass is 9.98. The maximum Gasteiger partial charge on any atom is 0.315 e. The van der Waals surface area contributed by atoms with Crippen molar-refractivity contribution in [1.29, 1.82) is 0 Å². The molecule has 0 amide bonds. The van der Waals surface area contributed by atoms with Gasteiger partial charge in [-0.05, 0) is 46.4 Å². The average molecular weight is 463 g/mol. The smallest absolute Gasteiger partial charge is 0.315 e. The third-order valence-electron chi connectivity index (χ3n) is 5.67. The Kier molecular flexibility index (Phi) is 6.79. The van der Waals surface area contributed by atoms with Crippen LogP contribution in [-0.4, -0.2) is 30.1 Å². The van der Waals surface area contributed by atoms with Crippen molar-refractivity contribution in [2.24, 2.45) is 0 Å². The van der Waals surface area contributed by atoms with Crippen molar-refractivity contribution in [3.63, 3.8) is 0 Å². The van der Waals surface area contributed by atoms with E-state index in [1.54, 1.807) is 18.2 Å². The highest BCUT2D eigenvalue weighted by Crippen LogP contribution is 2.38. The van der Waals surface area contributed by atoms with Crippen LogP contribution in [0.25, 0.3) is 11.4 Å². The van der Waals surface area contributed by atoms with Gasteiger partial charge in [-0.25, -0.2) is 4.39 Å². The summed E-state index contributed by atoms with van der Waals surface area (Å²) in [6, 6.07) is 17.0. The molecule has 0 saturated carbocycles. The van der Waals surface area contributed by atoms with Crippen LogP contribution in [0.1, 0.15) is 42.0 Å². The summed E-state index contributed by atoms with van der Waals surface area (Å²) in [6.07, 6.45) is 0. The zero-order valence-electron chi connectivity index (χ0n) is 19.0. The van der Waals surface area contributed by atoms with Gasteiger partial charge in [-0.2, -0.15) is 0 Å². The van der Waals surface area contributed by atoms with E-state index in [1.165, 1.54) is 22.8 Å². The van der Waals surface area contributed by atoms with Crippen LogP contribution in [0.5, 0.6) is 17.5 Å². The van der Waals surface area contributed by atoms with Crippen molar-refractivity contribution in [2.75, 3.05) is 0 Å². The van der Waals surface area contributed by atoms with E-state index in [4.69, 9.17) is 0 Å². The van der Waals surface area contributed by atoms with Gasteiger partial charge in [-0.15, -0.1) is 5.10 Å². The first-order valence-corrected chi connectivity index (χ1v) is 11.0. The molecule has 8 heteroatoms. The Balaban J connectivity index is 1.47. The maximum atomic E-state index is 13.0. The SMILES string of the molecule is CC(C)c1cc(-c2nnc(O)n2Cc2ccc(CNCc3ccc(F)cc3)cc2)c(O)cc1O. The summed E-state index contributed by atoms with van der Waals surface area (Å²) in [5.41, 5.74) is 4.06. The summed E-state index contributed by atoms with van der Waals surface area (Å²) >= 11 is 0. The minimum absolute atomic E-state index is 0.00941. The second-order valence-corrected chi connectivity index (χ2v) is 8.54. The Morgan fingerprint density at radius 1 is 0.824 bits per heavy atom. The number of aromatic nitrogens is 3. The quantitative estimate of drug-likeness (QED) is 0.304. The molecular weight excluding hydrogens is 435 g/mol. The van der Waals surface area contributed by atoms with Crippen LogP contribution in [0.4, 0.5) is 4.39 Å². The zero-order chi connectivity index (χ0) is 24.2. The molecule has 34 heavy (non-hydrogen) atoms. The molecule has 0 bridgehead atoms. The molecule has 0 atom stereocenters. The second kappa shape index (κ2) is 9.93. The summed E-state index contributed by atoms with van der Waals surface area (Å²) in [6.45, 7) is 5.46. The van der Waals surface area contributed by atoms with Crippen LogP contribution in [0.2, 0.25) is 0 Å². The monoisotopic (exact) mass is 462 g/mol. The molecule has 0 aliphatic carbocycles. The predicted molar refractivity (Wildman–Crippen MR) is 127 cm³/mol. The average Bonchev–Trinajstić information content (AvgIpc) is 3.16. The Morgan fingerprint density at radius 2 is 1.41 bits per heavy atom. The molecule has 7 nitrogen and oxygen atoms in total. The van der Waals surface area contributed by atoms with Crippen molar-refractivity contribution in [1.82, 2.24) is 20.1 Å². The molecule has 4 N–H and O–H groups in total. The van der Waals surface area contributed by atoms with E-state index in [0.717, 1.165) is 16.7 Å². The van der Waals surface area contributed by atoms with Gasteiger partial charge in [-0.1, -0.05) is 55.3 Å². The fraction of sp³-hybridized carbons (Fsp3) is 0.231. The Morgan fingerprint density at radius 3 is 2.03 bits per heavy atom. The van der Waals surface area contributed by atoms with Gasteiger partial charge in [0.05, 0.1) is 12.1 Å². The van der Waals surface area contributed by atoms with Gasteiger partial charge < -0.3 is 20.6 Å². The van der Waals surface area contributed by atoms with E-state index in [2.05, 4.69) is 15.5 Å². The molecule has 1 aromatic heterocycles. The number of benzene rings is 3. The van der Waals surface area contributed by atoms with E-state index in [1.807, 2.05) is 38.1 Å². The number of hydrogen-bond donors (Lipinski definition) is 4. The second-order valence-electron chi connectivity index (χ2n) is 8.54. The van der Waals surface area contributed by atoms with Crippen molar-refractivity contribution < 1.29 is 19.7 Å². The lowest BCUT2D eigenvalue weighted by molar-refractivity contribution is 0.404. The van der Waals surface area contributed by atoms with Gasteiger partial charge in [0, 0.05) is 19.2 Å². The minimum atomic E-state index is -0.265. The number of nitrogens with zero attached hydrogens (tertiary/aromatic N) is 3. The first-order chi connectivity index (χ1) is 16.3. The summed E-state index contributed by atoms with van der Waals surface area (Å²) in [5.74, 6) is -0.0358. The highest BCUT2D eigenvalue weighted by molar-refractivity contribution is 5.68. The molecule has 1 heterocycles. The van der Waals surface area contributed by atoms with Gasteiger partial charge in [-0.3, -0.25) is 4.57 Å². The van der Waals surface area contributed by atoms with Crippen LogP contribution in [-0.2, 0) is 19.6 Å². The van der Waals surface area contributed by atoms with E-state index in [0.29, 0.717) is 36.6 Å². The lowest BCUT2D eigenvalue weighted by Crippen LogP contribution is -2.12. The number of phenols is 2. The standard InChI is InChI=1S/C26H27FN4O3/c1-16(2)21-11-22(24(33)12-23(21)32)25-29-30-26(34)31(25)15-19-5-3-17(4-6-19)13-28-14-18-7-9-20(27)10-8-18/h3-12,16,28,32-33H,13-15H2,1-2H3,(H,30,34). The molecule has 0 aliphatic heterocycles. The summed E-state index contributed by atoms with van der Waals surface area (Å²) in [7, 11) is 0. The number of rotatable bonds is 8. The lowest BCUT2D eigenvalue weighted by Gasteiger charge is -2.14. The molecule has 0 aliphatic rings. The summed E-state index contributed by atoms with van der Waals surface area (Å²) in [5, 5.41) is 42.0.